The van der Waals surface area contributed by atoms with Crippen molar-refractivity contribution in [2.24, 2.45) is 10.9 Å². The Balaban J connectivity index is 0.00000280. The van der Waals surface area contributed by atoms with Gasteiger partial charge in [-0.1, -0.05) is 12.1 Å². The molecule has 2 aliphatic rings. The van der Waals surface area contributed by atoms with E-state index in [-0.39, 0.29) is 41.7 Å². The van der Waals surface area contributed by atoms with E-state index in [1.165, 1.54) is 5.56 Å². The summed E-state index contributed by atoms with van der Waals surface area (Å²) in [6, 6.07) is 8.60. The summed E-state index contributed by atoms with van der Waals surface area (Å²) in [6.07, 6.45) is 1.82. The van der Waals surface area contributed by atoms with Crippen molar-refractivity contribution in [3.63, 3.8) is 0 Å². The van der Waals surface area contributed by atoms with E-state index in [0.717, 1.165) is 37.6 Å². The number of guanidine groups is 1. The monoisotopic (exact) mass is 521 g/mol. The Bertz CT molecular complexity index is 765. The van der Waals surface area contributed by atoms with Gasteiger partial charge in [0.1, 0.15) is 5.75 Å². The van der Waals surface area contributed by atoms with Crippen LogP contribution in [0.2, 0.25) is 0 Å². The first-order chi connectivity index (χ1) is 12.9. The van der Waals surface area contributed by atoms with Crippen LogP contribution in [-0.4, -0.2) is 63.6 Å². The molecule has 1 N–H and O–H groups in total. The predicted molar refractivity (Wildman–Crippen MR) is 125 cm³/mol. The zero-order valence-electron chi connectivity index (χ0n) is 16.9. The second-order valence-corrected chi connectivity index (χ2v) is 10.2. The molecule has 2 aliphatic heterocycles. The van der Waals surface area contributed by atoms with Crippen LogP contribution in [0.3, 0.4) is 0 Å². The number of ether oxygens (including phenoxy) is 1. The van der Waals surface area contributed by atoms with Gasteiger partial charge in [-0.15, -0.1) is 24.0 Å². The number of aliphatic imine (C=N–C) groups is 1. The minimum absolute atomic E-state index is 0. The summed E-state index contributed by atoms with van der Waals surface area (Å²) in [5.74, 6) is 3.00. The molecular weight excluding hydrogens is 489 g/mol. The molecular formula is C20H32IN3O3S. The minimum atomic E-state index is -2.85. The highest BCUT2D eigenvalue weighted by Gasteiger charge is 2.29. The fourth-order valence-electron chi connectivity index (χ4n) is 3.83. The van der Waals surface area contributed by atoms with Gasteiger partial charge in [-0.2, -0.15) is 0 Å². The van der Waals surface area contributed by atoms with Crippen molar-refractivity contribution in [2.45, 2.75) is 38.6 Å². The number of sulfone groups is 1. The molecule has 28 heavy (non-hydrogen) atoms. The quantitative estimate of drug-likeness (QED) is 0.367. The number of halogens is 1. The molecule has 0 amide bonds. The first kappa shape index (κ1) is 23.3. The number of hydrogen-bond acceptors (Lipinski definition) is 4. The van der Waals surface area contributed by atoms with Gasteiger partial charge >= 0.3 is 0 Å². The largest absolute Gasteiger partial charge is 0.497 e. The Labute approximate surface area is 186 Å². The van der Waals surface area contributed by atoms with Crippen molar-refractivity contribution >= 4 is 39.8 Å². The molecule has 0 aliphatic carbocycles. The van der Waals surface area contributed by atoms with Gasteiger partial charge < -0.3 is 15.0 Å². The standard InChI is InChI=1S/C20H31N3O3S.HI/c1-15(2)22-20(21-12-16-9-11-27(24,25)14-16)23-10-8-18(13-23)17-4-6-19(26-3)7-5-17;/h4-7,15-16,18H,8-14H2,1-3H3,(H,21,22);1H. The molecule has 0 bridgehead atoms. The summed E-state index contributed by atoms with van der Waals surface area (Å²) in [5, 5.41) is 3.46. The lowest BCUT2D eigenvalue weighted by Gasteiger charge is -2.24. The summed E-state index contributed by atoms with van der Waals surface area (Å²) in [7, 11) is -1.17. The lowest BCUT2D eigenvalue weighted by atomic mass is 9.98. The van der Waals surface area contributed by atoms with Crippen molar-refractivity contribution in [1.82, 2.24) is 10.2 Å². The molecule has 0 saturated carbocycles. The molecule has 6 nitrogen and oxygen atoms in total. The van der Waals surface area contributed by atoms with Gasteiger partial charge in [0, 0.05) is 31.6 Å². The molecule has 2 unspecified atom stereocenters. The third kappa shape index (κ3) is 6.23. The second kappa shape index (κ2) is 10.1. The average molecular weight is 521 g/mol. The van der Waals surface area contributed by atoms with Crippen LogP contribution in [0.15, 0.2) is 29.3 Å². The van der Waals surface area contributed by atoms with Crippen molar-refractivity contribution in [3.8, 4) is 5.75 Å². The molecule has 1 aromatic carbocycles. The number of rotatable bonds is 5. The van der Waals surface area contributed by atoms with E-state index < -0.39 is 9.84 Å². The molecule has 1 aromatic rings. The zero-order valence-corrected chi connectivity index (χ0v) is 20.1. The van der Waals surface area contributed by atoms with Gasteiger partial charge in [0.25, 0.3) is 0 Å². The maximum Gasteiger partial charge on any atom is 0.194 e. The van der Waals surface area contributed by atoms with Gasteiger partial charge in [-0.25, -0.2) is 8.42 Å². The topological polar surface area (TPSA) is 71.0 Å². The van der Waals surface area contributed by atoms with Crippen LogP contribution in [0.4, 0.5) is 0 Å². The molecule has 158 valence electrons. The summed E-state index contributed by atoms with van der Waals surface area (Å²) >= 11 is 0. The maximum atomic E-state index is 11.7. The molecule has 2 atom stereocenters. The molecule has 3 rings (SSSR count). The Morgan fingerprint density at radius 3 is 2.57 bits per heavy atom. The Morgan fingerprint density at radius 2 is 2.00 bits per heavy atom. The van der Waals surface area contributed by atoms with Crippen molar-refractivity contribution in [2.75, 3.05) is 38.2 Å². The van der Waals surface area contributed by atoms with Crippen molar-refractivity contribution in [1.29, 1.82) is 0 Å². The van der Waals surface area contributed by atoms with Crippen molar-refractivity contribution < 1.29 is 13.2 Å². The fraction of sp³-hybridized carbons (Fsp3) is 0.650. The van der Waals surface area contributed by atoms with Crippen LogP contribution < -0.4 is 10.1 Å². The van der Waals surface area contributed by atoms with E-state index in [2.05, 4.69) is 36.2 Å². The molecule has 2 heterocycles. The van der Waals surface area contributed by atoms with E-state index in [1.54, 1.807) is 7.11 Å². The molecule has 0 aromatic heterocycles. The van der Waals surface area contributed by atoms with Crippen LogP contribution >= 0.6 is 24.0 Å². The number of benzene rings is 1. The average Bonchev–Trinajstić information content (AvgIpc) is 3.25. The van der Waals surface area contributed by atoms with Crippen LogP contribution in [0.25, 0.3) is 0 Å². The number of methoxy groups -OCH3 is 1. The summed E-state index contributed by atoms with van der Waals surface area (Å²) in [6.45, 7) is 6.67. The molecule has 2 fully saturated rings. The van der Waals surface area contributed by atoms with Crippen LogP contribution in [0.1, 0.15) is 38.2 Å². The number of likely N-dealkylation sites (tertiary alicyclic amines) is 1. The van der Waals surface area contributed by atoms with E-state index >= 15 is 0 Å². The Morgan fingerprint density at radius 1 is 1.29 bits per heavy atom. The molecule has 0 spiro atoms. The van der Waals surface area contributed by atoms with Crippen molar-refractivity contribution in [3.05, 3.63) is 29.8 Å². The van der Waals surface area contributed by atoms with E-state index in [4.69, 9.17) is 9.73 Å². The van der Waals surface area contributed by atoms with Crippen LogP contribution in [0.5, 0.6) is 5.75 Å². The first-order valence-corrected chi connectivity index (χ1v) is 11.6. The smallest absolute Gasteiger partial charge is 0.194 e. The van der Waals surface area contributed by atoms with Gasteiger partial charge in [-0.05, 0) is 50.3 Å². The van der Waals surface area contributed by atoms with Gasteiger partial charge in [-0.3, -0.25) is 4.99 Å². The molecule has 8 heteroatoms. The highest BCUT2D eigenvalue weighted by Crippen LogP contribution is 2.28. The maximum absolute atomic E-state index is 11.7. The highest BCUT2D eigenvalue weighted by molar-refractivity contribution is 14.0. The first-order valence-electron chi connectivity index (χ1n) is 9.76. The SMILES string of the molecule is COc1ccc(C2CCN(C(=NCC3CCS(=O)(=O)C3)NC(C)C)C2)cc1.I. The fourth-order valence-corrected chi connectivity index (χ4v) is 5.68. The zero-order chi connectivity index (χ0) is 19.4. The van der Waals surface area contributed by atoms with Gasteiger partial charge in [0.15, 0.2) is 15.8 Å². The van der Waals surface area contributed by atoms with E-state index in [9.17, 15) is 8.42 Å². The lowest BCUT2D eigenvalue weighted by Crippen LogP contribution is -2.43. The van der Waals surface area contributed by atoms with Crippen LogP contribution in [-0.2, 0) is 9.84 Å². The number of nitrogens with one attached hydrogen (secondary N) is 1. The van der Waals surface area contributed by atoms with E-state index in [0.29, 0.717) is 18.2 Å². The Hall–Kier alpha value is -1.03. The summed E-state index contributed by atoms with van der Waals surface area (Å²) < 4.78 is 28.6. The Kier molecular flexibility index (Phi) is 8.42. The molecule has 2 saturated heterocycles. The lowest BCUT2D eigenvalue weighted by molar-refractivity contribution is 0.414. The number of hydrogen-bond donors (Lipinski definition) is 1. The molecule has 0 radical (unpaired) electrons. The van der Waals surface area contributed by atoms with Gasteiger partial charge in [0.2, 0.25) is 0 Å². The third-order valence-electron chi connectivity index (χ3n) is 5.32. The van der Waals surface area contributed by atoms with Gasteiger partial charge in [0.05, 0.1) is 18.6 Å². The van der Waals surface area contributed by atoms with E-state index in [1.807, 2.05) is 12.1 Å². The van der Waals surface area contributed by atoms with Crippen LogP contribution in [0, 0.1) is 5.92 Å². The normalized spacial score (nSPS) is 24.3. The third-order valence-corrected chi connectivity index (χ3v) is 7.16. The number of nitrogens with zero attached hydrogens (tertiary/aromatic N) is 2. The summed E-state index contributed by atoms with van der Waals surface area (Å²) in [5.41, 5.74) is 1.32. The summed E-state index contributed by atoms with van der Waals surface area (Å²) in [4.78, 5) is 7.10. The minimum Gasteiger partial charge on any atom is -0.497 e. The second-order valence-electron chi connectivity index (χ2n) is 7.94. The predicted octanol–water partition coefficient (Wildman–Crippen LogP) is 2.89. The highest BCUT2D eigenvalue weighted by atomic mass is 127.